The third kappa shape index (κ3) is 2.89. The molecule has 1 aromatic rings. The molecule has 0 aromatic carbocycles. The van der Waals surface area contributed by atoms with Crippen LogP contribution in [0.4, 0.5) is 0 Å². The second-order valence-electron chi connectivity index (χ2n) is 6.48. The van der Waals surface area contributed by atoms with Gasteiger partial charge in [0.2, 0.25) is 0 Å². The number of aliphatic hydroxyl groups excluding tert-OH is 1. The van der Waals surface area contributed by atoms with Gasteiger partial charge in [0, 0.05) is 12.8 Å². The smallest absolute Gasteiger partial charge is 0.263 e. The summed E-state index contributed by atoms with van der Waals surface area (Å²) >= 11 is 0. The van der Waals surface area contributed by atoms with Gasteiger partial charge in [-0.2, -0.15) is 0 Å². The van der Waals surface area contributed by atoms with E-state index in [-0.39, 0.29) is 5.56 Å². The Hall–Kier alpha value is -1.77. The number of amides is 1. The highest BCUT2D eigenvalue weighted by atomic mass is 16.5. The summed E-state index contributed by atoms with van der Waals surface area (Å²) in [7, 11) is 0. The summed E-state index contributed by atoms with van der Waals surface area (Å²) in [5, 5.41) is 17.0. The molecule has 0 radical (unpaired) electrons. The Kier molecular flexibility index (Phi) is 4.22. The zero-order valence-corrected chi connectivity index (χ0v) is 13.1. The maximum Gasteiger partial charge on any atom is 0.263 e. The molecule has 2 aliphatic rings. The number of hydrogen-bond acceptors (Lipinski definition) is 6. The predicted octanol–water partition coefficient (Wildman–Crippen LogP) is -0.838. The molecule has 2 saturated heterocycles. The highest BCUT2D eigenvalue weighted by Crippen LogP contribution is 2.38. The van der Waals surface area contributed by atoms with E-state index in [9.17, 15) is 14.7 Å². The third-order valence-electron chi connectivity index (χ3n) is 4.92. The Morgan fingerprint density at radius 3 is 2.87 bits per heavy atom. The molecule has 0 unspecified atom stereocenters. The number of nitrogens with zero attached hydrogens (tertiary/aromatic N) is 1. The van der Waals surface area contributed by atoms with Crippen LogP contribution < -0.4 is 16.2 Å². The van der Waals surface area contributed by atoms with Crippen molar-refractivity contribution >= 4 is 5.91 Å². The molecule has 1 amide bonds. The van der Waals surface area contributed by atoms with E-state index in [0.29, 0.717) is 25.9 Å². The van der Waals surface area contributed by atoms with Crippen molar-refractivity contribution in [2.45, 2.75) is 43.4 Å². The maximum atomic E-state index is 12.4. The highest BCUT2D eigenvalue weighted by molar-refractivity contribution is 5.94. The van der Waals surface area contributed by atoms with Crippen molar-refractivity contribution in [1.29, 1.82) is 0 Å². The fourth-order valence-corrected chi connectivity index (χ4v) is 3.49. The van der Waals surface area contributed by atoms with Crippen LogP contribution in [0.2, 0.25) is 0 Å². The molecule has 1 spiro atoms. The summed E-state index contributed by atoms with van der Waals surface area (Å²) in [6.07, 6.45) is 3.47. The first kappa shape index (κ1) is 16.1. The summed E-state index contributed by atoms with van der Waals surface area (Å²) in [5.41, 5.74) is -2.06. The van der Waals surface area contributed by atoms with E-state index >= 15 is 0 Å². The quantitative estimate of drug-likeness (QED) is 0.564. The zero-order valence-electron chi connectivity index (χ0n) is 13.1. The molecule has 2 aliphatic heterocycles. The number of aromatic amines is 1. The number of carbonyl (C=O) groups is 1. The average molecular weight is 322 g/mol. The van der Waals surface area contributed by atoms with Crippen LogP contribution in [-0.2, 0) is 4.74 Å². The normalized spacial score (nSPS) is 30.1. The molecule has 23 heavy (non-hydrogen) atoms. The van der Waals surface area contributed by atoms with E-state index in [1.54, 1.807) is 6.92 Å². The summed E-state index contributed by atoms with van der Waals surface area (Å²) in [6, 6.07) is 0. The minimum absolute atomic E-state index is 0.0632. The van der Waals surface area contributed by atoms with Gasteiger partial charge in [0.15, 0.2) is 0 Å². The van der Waals surface area contributed by atoms with E-state index < -0.39 is 28.7 Å². The fourth-order valence-electron chi connectivity index (χ4n) is 3.49. The van der Waals surface area contributed by atoms with Crippen molar-refractivity contribution in [3.05, 3.63) is 28.4 Å². The maximum absolute atomic E-state index is 12.4. The first-order valence-corrected chi connectivity index (χ1v) is 7.85. The van der Waals surface area contributed by atoms with E-state index in [1.807, 2.05) is 0 Å². The summed E-state index contributed by atoms with van der Waals surface area (Å²) in [5.74, 6) is -0.535. The molecule has 8 heteroatoms. The van der Waals surface area contributed by atoms with Crippen molar-refractivity contribution in [2.24, 2.45) is 0 Å². The molecular weight excluding hydrogens is 300 g/mol. The fraction of sp³-hybridized carbons (Fsp3) is 0.667. The number of H-pyrrole nitrogens is 1. The van der Waals surface area contributed by atoms with E-state index in [4.69, 9.17) is 4.74 Å². The molecule has 8 nitrogen and oxygen atoms in total. The van der Waals surface area contributed by atoms with Crippen molar-refractivity contribution in [3.8, 4) is 0 Å². The van der Waals surface area contributed by atoms with Crippen molar-refractivity contribution in [2.75, 3.05) is 19.7 Å². The second kappa shape index (κ2) is 6.03. The number of aromatic nitrogens is 2. The Morgan fingerprint density at radius 1 is 1.43 bits per heavy atom. The minimum atomic E-state index is -0.852. The number of nitrogens with one attached hydrogen (secondary N) is 3. The summed E-state index contributed by atoms with van der Waals surface area (Å²) in [6.45, 7) is 3.79. The van der Waals surface area contributed by atoms with Gasteiger partial charge >= 0.3 is 0 Å². The number of ether oxygens (including phenoxy) is 1. The lowest BCUT2D eigenvalue weighted by molar-refractivity contribution is -0.197. The van der Waals surface area contributed by atoms with Crippen LogP contribution in [0, 0.1) is 0 Å². The lowest BCUT2D eigenvalue weighted by Crippen LogP contribution is -2.69. The van der Waals surface area contributed by atoms with E-state index in [1.165, 1.54) is 12.5 Å². The molecule has 1 aromatic heterocycles. The lowest BCUT2D eigenvalue weighted by atomic mass is 9.73. The van der Waals surface area contributed by atoms with Gasteiger partial charge in [0.05, 0.1) is 17.5 Å². The van der Waals surface area contributed by atoms with Gasteiger partial charge in [-0.15, -0.1) is 0 Å². The van der Waals surface area contributed by atoms with Crippen LogP contribution >= 0.6 is 0 Å². The highest BCUT2D eigenvalue weighted by Gasteiger charge is 2.53. The third-order valence-corrected chi connectivity index (χ3v) is 4.92. The summed E-state index contributed by atoms with van der Waals surface area (Å²) < 4.78 is 5.90. The van der Waals surface area contributed by atoms with Crippen molar-refractivity contribution in [1.82, 2.24) is 20.6 Å². The molecule has 2 fully saturated rings. The van der Waals surface area contributed by atoms with Crippen LogP contribution in [0.25, 0.3) is 0 Å². The zero-order chi connectivity index (χ0) is 16.5. The van der Waals surface area contributed by atoms with E-state index in [0.717, 1.165) is 13.1 Å². The molecule has 3 rings (SSSR count). The molecule has 0 aliphatic carbocycles. The molecule has 126 valence electrons. The van der Waals surface area contributed by atoms with Crippen molar-refractivity contribution < 1.29 is 14.6 Å². The molecular formula is C15H22N4O4. The van der Waals surface area contributed by atoms with Gasteiger partial charge in [-0.1, -0.05) is 0 Å². The van der Waals surface area contributed by atoms with Gasteiger partial charge in [0.25, 0.3) is 11.5 Å². The number of aliphatic hydroxyl groups is 1. The summed E-state index contributed by atoms with van der Waals surface area (Å²) in [4.78, 5) is 30.3. The molecule has 2 atom stereocenters. The number of rotatable bonds is 2. The van der Waals surface area contributed by atoms with Gasteiger partial charge in [0.1, 0.15) is 11.7 Å². The minimum Gasteiger partial charge on any atom is -0.388 e. The molecule has 3 heterocycles. The number of piperidine rings is 1. The SMILES string of the molecule is C[C@@]1(NC(=O)c2cnc[nH]c2=O)CCOC2(CCNCC2)[C@H]1O. The average Bonchev–Trinajstić information content (AvgIpc) is 2.54. The van der Waals surface area contributed by atoms with Crippen LogP contribution in [0.1, 0.15) is 36.5 Å². The first-order chi connectivity index (χ1) is 11.0. The molecule has 0 bridgehead atoms. The topological polar surface area (TPSA) is 116 Å². The molecule has 0 saturated carbocycles. The van der Waals surface area contributed by atoms with Crippen LogP contribution in [0.5, 0.6) is 0 Å². The Balaban J connectivity index is 1.81. The standard InChI is InChI=1S/C15H22N4O4/c1-14(19-12(21)10-8-17-9-18-11(10)20)4-7-23-15(13(14)22)2-5-16-6-3-15/h8-9,13,16,22H,2-7H2,1H3,(H,19,21)(H,17,18,20)/t13-,14+/m0/s1. The van der Waals surface area contributed by atoms with Gasteiger partial charge in [-0.3, -0.25) is 9.59 Å². The Labute approximate surface area is 133 Å². The van der Waals surface area contributed by atoms with Gasteiger partial charge in [-0.05, 0) is 39.3 Å². The first-order valence-electron chi connectivity index (χ1n) is 7.85. The van der Waals surface area contributed by atoms with Crippen LogP contribution in [-0.4, -0.2) is 57.9 Å². The predicted molar refractivity (Wildman–Crippen MR) is 82.1 cm³/mol. The van der Waals surface area contributed by atoms with Gasteiger partial charge in [-0.25, -0.2) is 4.98 Å². The molecule has 4 N–H and O–H groups in total. The van der Waals surface area contributed by atoms with E-state index in [2.05, 4.69) is 20.6 Å². The lowest BCUT2D eigenvalue weighted by Gasteiger charge is -2.52. The second-order valence-corrected chi connectivity index (χ2v) is 6.48. The number of hydrogen-bond donors (Lipinski definition) is 4. The largest absolute Gasteiger partial charge is 0.388 e. The monoisotopic (exact) mass is 322 g/mol. The van der Waals surface area contributed by atoms with Crippen LogP contribution in [0.15, 0.2) is 17.3 Å². The van der Waals surface area contributed by atoms with Crippen LogP contribution in [0.3, 0.4) is 0 Å². The Bertz CT molecular complexity index is 635. The van der Waals surface area contributed by atoms with Crippen molar-refractivity contribution in [3.63, 3.8) is 0 Å². The van der Waals surface area contributed by atoms with Gasteiger partial charge < -0.3 is 25.5 Å². The number of carbonyl (C=O) groups excluding carboxylic acids is 1. The Morgan fingerprint density at radius 2 is 2.17 bits per heavy atom.